The lowest BCUT2D eigenvalue weighted by Gasteiger charge is -2.36. The first-order valence-corrected chi connectivity index (χ1v) is 8.81. The van der Waals surface area contributed by atoms with Crippen molar-refractivity contribution in [2.45, 2.75) is 32.1 Å². The summed E-state index contributed by atoms with van der Waals surface area (Å²) >= 11 is 7.42. The fourth-order valence-electron chi connectivity index (χ4n) is 3.04. The second-order valence-electron chi connectivity index (χ2n) is 5.41. The average Bonchev–Trinajstić information content (AvgIpc) is 2.93. The van der Waals surface area contributed by atoms with Gasteiger partial charge in [-0.05, 0) is 48.3 Å². The molecule has 0 atom stereocenters. The minimum absolute atomic E-state index is 0.150. The van der Waals surface area contributed by atoms with Gasteiger partial charge >= 0.3 is 0 Å². The normalized spacial score (nSPS) is 17.3. The molecule has 1 fully saturated rings. The molecule has 0 saturated heterocycles. The number of halogens is 3. The van der Waals surface area contributed by atoms with Crippen molar-refractivity contribution in [1.82, 2.24) is 0 Å². The highest BCUT2D eigenvalue weighted by atomic mass is 79.9. The van der Waals surface area contributed by atoms with Crippen molar-refractivity contribution in [3.63, 3.8) is 0 Å². The van der Waals surface area contributed by atoms with E-state index in [-0.39, 0.29) is 11.2 Å². The van der Waals surface area contributed by atoms with E-state index in [9.17, 15) is 4.39 Å². The Morgan fingerprint density at radius 3 is 2.11 bits per heavy atom. The lowest BCUT2D eigenvalue weighted by molar-refractivity contribution is 0.233. The maximum atomic E-state index is 13.0. The molecule has 0 N–H and O–H groups in total. The molecule has 0 bridgehead atoms. The smallest absolute Gasteiger partial charge is 0.123 e. The monoisotopic (exact) mass is 376 g/mol. The summed E-state index contributed by atoms with van der Waals surface area (Å²) in [6.07, 6.45) is 6.40. The van der Waals surface area contributed by atoms with Gasteiger partial charge in [0.25, 0.3) is 0 Å². The molecule has 0 unspecified atom stereocenters. The average molecular weight is 378 g/mol. The molecule has 0 heterocycles. The highest BCUT2D eigenvalue weighted by molar-refractivity contribution is 9.09. The Hall–Kier alpha value is 0.110. The van der Waals surface area contributed by atoms with Gasteiger partial charge in [0, 0.05) is 10.7 Å². The summed E-state index contributed by atoms with van der Waals surface area (Å²) in [5.74, 6) is 0.629. The summed E-state index contributed by atoms with van der Waals surface area (Å²) in [5.41, 5.74) is 1.51. The SMILES string of the molecule is Fc1ccc(CC(CBr)(CBr)C2CCCC2)cc1. The molecule has 1 aromatic rings. The van der Waals surface area contributed by atoms with Crippen LogP contribution in [0.5, 0.6) is 0 Å². The summed E-state index contributed by atoms with van der Waals surface area (Å²) < 4.78 is 13.0. The second kappa shape index (κ2) is 6.51. The van der Waals surface area contributed by atoms with Gasteiger partial charge in [-0.2, -0.15) is 0 Å². The van der Waals surface area contributed by atoms with Crippen LogP contribution in [0.25, 0.3) is 0 Å². The number of alkyl halides is 2. The topological polar surface area (TPSA) is 0 Å². The van der Waals surface area contributed by atoms with Crippen molar-refractivity contribution in [2.75, 3.05) is 10.7 Å². The van der Waals surface area contributed by atoms with Crippen molar-refractivity contribution >= 4 is 31.9 Å². The molecular weight excluding hydrogens is 359 g/mol. The van der Waals surface area contributed by atoms with E-state index in [1.54, 1.807) is 12.1 Å². The molecule has 0 spiro atoms. The second-order valence-corrected chi connectivity index (χ2v) is 6.54. The van der Waals surface area contributed by atoms with Gasteiger partial charge in [-0.15, -0.1) is 0 Å². The Labute approximate surface area is 126 Å². The molecular formula is C15H19Br2F. The van der Waals surface area contributed by atoms with Crippen molar-refractivity contribution in [3.05, 3.63) is 35.6 Å². The Kier molecular flexibility index (Phi) is 5.25. The van der Waals surface area contributed by atoms with Crippen LogP contribution in [-0.4, -0.2) is 10.7 Å². The quantitative estimate of drug-likeness (QED) is 0.608. The molecule has 1 aliphatic rings. The van der Waals surface area contributed by atoms with Gasteiger partial charge in [0.2, 0.25) is 0 Å². The third-order valence-corrected chi connectivity index (χ3v) is 6.46. The molecule has 2 rings (SSSR count). The van der Waals surface area contributed by atoms with Gasteiger partial charge in [0.05, 0.1) is 0 Å². The van der Waals surface area contributed by atoms with E-state index in [4.69, 9.17) is 0 Å². The molecule has 18 heavy (non-hydrogen) atoms. The van der Waals surface area contributed by atoms with Crippen LogP contribution in [-0.2, 0) is 6.42 Å². The molecule has 0 amide bonds. The minimum Gasteiger partial charge on any atom is -0.207 e. The number of benzene rings is 1. The predicted molar refractivity (Wildman–Crippen MR) is 82.1 cm³/mol. The third kappa shape index (κ3) is 3.16. The predicted octanol–water partition coefficient (Wildman–Crippen LogP) is 5.33. The lowest BCUT2D eigenvalue weighted by atomic mass is 9.73. The molecule has 1 aliphatic carbocycles. The van der Waals surface area contributed by atoms with Crippen LogP contribution in [0.2, 0.25) is 0 Å². The molecule has 0 aliphatic heterocycles. The van der Waals surface area contributed by atoms with E-state index in [0.29, 0.717) is 0 Å². The van der Waals surface area contributed by atoms with Crippen LogP contribution in [0.4, 0.5) is 4.39 Å². The number of rotatable bonds is 5. The van der Waals surface area contributed by atoms with E-state index < -0.39 is 0 Å². The maximum Gasteiger partial charge on any atom is 0.123 e. The van der Waals surface area contributed by atoms with Crippen LogP contribution < -0.4 is 0 Å². The summed E-state index contributed by atoms with van der Waals surface area (Å²) in [6.45, 7) is 0. The summed E-state index contributed by atoms with van der Waals surface area (Å²) in [4.78, 5) is 0. The number of hydrogen-bond acceptors (Lipinski definition) is 0. The van der Waals surface area contributed by atoms with Crippen LogP contribution in [0.1, 0.15) is 31.2 Å². The minimum atomic E-state index is -0.150. The third-order valence-electron chi connectivity index (χ3n) is 4.22. The van der Waals surface area contributed by atoms with Crippen LogP contribution in [0.15, 0.2) is 24.3 Å². The van der Waals surface area contributed by atoms with Gasteiger partial charge in [0.15, 0.2) is 0 Å². The van der Waals surface area contributed by atoms with Gasteiger partial charge in [-0.25, -0.2) is 4.39 Å². The molecule has 1 aromatic carbocycles. The molecule has 1 saturated carbocycles. The maximum absolute atomic E-state index is 13.0. The highest BCUT2D eigenvalue weighted by Gasteiger charge is 2.38. The summed E-state index contributed by atoms with van der Waals surface area (Å²) in [6, 6.07) is 6.98. The van der Waals surface area contributed by atoms with Gasteiger partial charge in [-0.1, -0.05) is 56.8 Å². The van der Waals surface area contributed by atoms with Gasteiger partial charge < -0.3 is 0 Å². The standard InChI is InChI=1S/C15H19Br2F/c16-10-15(11-17,13-3-1-2-4-13)9-12-5-7-14(18)8-6-12/h5-8,13H,1-4,9-11H2. The fraction of sp³-hybridized carbons (Fsp3) is 0.600. The van der Waals surface area contributed by atoms with Gasteiger partial charge in [-0.3, -0.25) is 0 Å². The molecule has 0 nitrogen and oxygen atoms in total. The Morgan fingerprint density at radius 1 is 1.06 bits per heavy atom. The van der Waals surface area contributed by atoms with Crippen molar-refractivity contribution in [3.8, 4) is 0 Å². The van der Waals surface area contributed by atoms with Crippen molar-refractivity contribution < 1.29 is 4.39 Å². The zero-order valence-corrected chi connectivity index (χ0v) is 13.6. The first-order valence-electron chi connectivity index (χ1n) is 6.56. The van der Waals surface area contributed by atoms with E-state index in [1.807, 2.05) is 12.1 Å². The first-order chi connectivity index (χ1) is 8.70. The van der Waals surface area contributed by atoms with E-state index in [0.717, 1.165) is 23.0 Å². The fourth-order valence-corrected chi connectivity index (χ4v) is 5.28. The van der Waals surface area contributed by atoms with E-state index >= 15 is 0 Å². The van der Waals surface area contributed by atoms with Crippen molar-refractivity contribution in [1.29, 1.82) is 0 Å². The highest BCUT2D eigenvalue weighted by Crippen LogP contribution is 2.44. The summed E-state index contributed by atoms with van der Waals surface area (Å²) in [5, 5.41) is 2.01. The van der Waals surface area contributed by atoms with Gasteiger partial charge in [0.1, 0.15) is 5.82 Å². The molecule has 0 aromatic heterocycles. The Morgan fingerprint density at radius 2 is 1.61 bits per heavy atom. The molecule has 3 heteroatoms. The van der Waals surface area contributed by atoms with E-state index in [2.05, 4.69) is 31.9 Å². The van der Waals surface area contributed by atoms with E-state index in [1.165, 1.54) is 31.2 Å². The summed E-state index contributed by atoms with van der Waals surface area (Å²) in [7, 11) is 0. The molecule has 0 radical (unpaired) electrons. The van der Waals surface area contributed by atoms with Crippen LogP contribution in [0, 0.1) is 17.2 Å². The first kappa shape index (κ1) is 14.5. The largest absolute Gasteiger partial charge is 0.207 e. The Bertz CT molecular complexity index is 365. The van der Waals surface area contributed by atoms with Crippen LogP contribution in [0.3, 0.4) is 0 Å². The molecule has 100 valence electrons. The zero-order valence-electron chi connectivity index (χ0n) is 10.5. The zero-order chi connectivity index (χ0) is 13.0. The lowest BCUT2D eigenvalue weighted by Crippen LogP contribution is -2.35. The number of hydrogen-bond donors (Lipinski definition) is 0. The van der Waals surface area contributed by atoms with Crippen LogP contribution >= 0.6 is 31.9 Å². The van der Waals surface area contributed by atoms with Crippen molar-refractivity contribution in [2.24, 2.45) is 11.3 Å². The Balaban J connectivity index is 2.16.